The standard InChI is InChI=1S/C8H10AsNO6/c1-5(11)10-6-2-3-7(8(12)4-6)9(13,14)16-15/h2-4,12,15H,1H3,(H,10,11)(H,13,14). The van der Waals surface area contributed by atoms with Gasteiger partial charge < -0.3 is 0 Å². The van der Waals surface area contributed by atoms with Gasteiger partial charge in [0.2, 0.25) is 0 Å². The van der Waals surface area contributed by atoms with Crippen molar-refractivity contribution < 1.29 is 26.9 Å². The second-order valence-corrected chi connectivity index (χ2v) is 6.52. The molecule has 8 heteroatoms. The average Bonchev–Trinajstić information content (AvgIpc) is 2.16. The van der Waals surface area contributed by atoms with Gasteiger partial charge >= 0.3 is 93.2 Å². The van der Waals surface area contributed by atoms with E-state index in [1.165, 1.54) is 13.0 Å². The fraction of sp³-hybridized carbons (Fsp3) is 0.125. The first kappa shape index (κ1) is 12.8. The fourth-order valence-electron chi connectivity index (χ4n) is 1.09. The molecule has 0 saturated carbocycles. The normalized spacial score (nSPS) is 14.2. The third-order valence-electron chi connectivity index (χ3n) is 1.71. The number of amides is 1. The summed E-state index contributed by atoms with van der Waals surface area (Å²) in [5.74, 6) is -0.881. The van der Waals surface area contributed by atoms with E-state index in [9.17, 15) is 13.6 Å². The summed E-state index contributed by atoms with van der Waals surface area (Å²) in [6.45, 7) is 1.28. The zero-order valence-corrected chi connectivity index (χ0v) is 10.1. The van der Waals surface area contributed by atoms with Gasteiger partial charge in [0.25, 0.3) is 0 Å². The first-order valence-electron chi connectivity index (χ1n) is 4.14. The molecule has 0 saturated heterocycles. The molecule has 0 radical (unpaired) electrons. The molecule has 1 unspecified atom stereocenters. The molecule has 7 nitrogen and oxygen atoms in total. The van der Waals surface area contributed by atoms with Gasteiger partial charge in [0.15, 0.2) is 0 Å². The second kappa shape index (κ2) is 4.71. The van der Waals surface area contributed by atoms with Crippen molar-refractivity contribution in [1.29, 1.82) is 0 Å². The minimum atomic E-state index is -5.07. The van der Waals surface area contributed by atoms with Crippen molar-refractivity contribution in [3.63, 3.8) is 0 Å². The van der Waals surface area contributed by atoms with Crippen LogP contribution in [0.5, 0.6) is 5.75 Å². The predicted molar refractivity (Wildman–Crippen MR) is 54.4 cm³/mol. The summed E-state index contributed by atoms with van der Waals surface area (Å²) in [6, 6.07) is 3.48. The molecule has 0 aliphatic heterocycles. The molecule has 1 atom stereocenters. The average molecular weight is 291 g/mol. The summed E-state index contributed by atoms with van der Waals surface area (Å²) in [4.78, 5) is 10.7. The summed E-state index contributed by atoms with van der Waals surface area (Å²) in [5.41, 5.74) is 0.266. The van der Waals surface area contributed by atoms with Gasteiger partial charge in [-0.1, -0.05) is 0 Å². The van der Waals surface area contributed by atoms with Gasteiger partial charge in [-0.15, -0.1) is 0 Å². The molecule has 0 aliphatic carbocycles. The molecular formula is C8H10AsNO6. The monoisotopic (exact) mass is 291 g/mol. The van der Waals surface area contributed by atoms with Crippen LogP contribution >= 0.6 is 0 Å². The van der Waals surface area contributed by atoms with Crippen LogP contribution in [0, 0.1) is 0 Å². The number of aromatic hydroxyl groups is 1. The Balaban J connectivity index is 3.10. The first-order valence-corrected chi connectivity index (χ1v) is 7.45. The van der Waals surface area contributed by atoms with Crippen LogP contribution in [0.2, 0.25) is 0 Å². The first-order chi connectivity index (χ1) is 7.36. The summed E-state index contributed by atoms with van der Waals surface area (Å²) < 4.78 is 23.4. The van der Waals surface area contributed by atoms with Crippen LogP contribution in [-0.2, 0) is 12.4 Å². The van der Waals surface area contributed by atoms with E-state index in [4.69, 9.17) is 9.35 Å². The van der Waals surface area contributed by atoms with Crippen molar-refractivity contribution in [2.45, 2.75) is 6.92 Å². The summed E-state index contributed by atoms with van der Waals surface area (Å²) >= 11 is -5.07. The summed E-state index contributed by atoms with van der Waals surface area (Å²) in [5, 5.41) is 20.0. The van der Waals surface area contributed by atoms with E-state index in [0.29, 0.717) is 0 Å². The number of anilines is 1. The number of carbonyl (C=O) groups is 1. The molecule has 1 aromatic carbocycles. The zero-order valence-electron chi connectivity index (χ0n) is 8.25. The predicted octanol–water partition coefficient (Wildman–Crippen LogP) is -0.591. The molecule has 1 aromatic rings. The van der Waals surface area contributed by atoms with Gasteiger partial charge in [0.1, 0.15) is 0 Å². The Kier molecular flexibility index (Phi) is 3.77. The summed E-state index contributed by atoms with van der Waals surface area (Å²) in [7, 11) is 0. The number of carbonyl (C=O) groups excluding carboxylic acids is 1. The Bertz CT molecular complexity index is 460. The summed E-state index contributed by atoms with van der Waals surface area (Å²) in [6.07, 6.45) is 0. The molecule has 0 spiro atoms. The van der Waals surface area contributed by atoms with Gasteiger partial charge in [-0.05, 0) is 0 Å². The van der Waals surface area contributed by atoms with Crippen LogP contribution in [0.1, 0.15) is 6.92 Å². The molecule has 0 heterocycles. The van der Waals surface area contributed by atoms with E-state index in [2.05, 4.69) is 9.19 Å². The van der Waals surface area contributed by atoms with Crippen LogP contribution in [-0.4, -0.2) is 34.5 Å². The molecule has 4 N–H and O–H groups in total. The van der Waals surface area contributed by atoms with Gasteiger partial charge in [-0.3, -0.25) is 0 Å². The molecular weight excluding hydrogens is 281 g/mol. The van der Waals surface area contributed by atoms with Crippen LogP contribution in [0.3, 0.4) is 0 Å². The number of benzene rings is 1. The number of rotatable bonds is 3. The maximum absolute atomic E-state index is 11.2. The van der Waals surface area contributed by atoms with Gasteiger partial charge in [-0.25, -0.2) is 0 Å². The van der Waals surface area contributed by atoms with Crippen molar-refractivity contribution in [2.24, 2.45) is 0 Å². The maximum atomic E-state index is 11.2. The number of hydrogen-bond donors (Lipinski definition) is 4. The van der Waals surface area contributed by atoms with Crippen LogP contribution in [0.15, 0.2) is 18.2 Å². The minimum absolute atomic E-state index is 0.266. The quantitative estimate of drug-likeness (QED) is 0.336. The van der Waals surface area contributed by atoms with E-state index in [1.807, 2.05) is 0 Å². The van der Waals surface area contributed by atoms with E-state index in [0.717, 1.165) is 12.1 Å². The molecule has 16 heavy (non-hydrogen) atoms. The molecule has 0 bridgehead atoms. The molecule has 0 aromatic heterocycles. The molecule has 1 rings (SSSR count). The van der Waals surface area contributed by atoms with E-state index in [1.54, 1.807) is 0 Å². The van der Waals surface area contributed by atoms with Crippen molar-refractivity contribution in [3.8, 4) is 5.75 Å². The van der Waals surface area contributed by atoms with Crippen LogP contribution in [0.25, 0.3) is 0 Å². The van der Waals surface area contributed by atoms with Gasteiger partial charge in [-0.2, -0.15) is 0 Å². The number of phenols is 1. The van der Waals surface area contributed by atoms with Crippen molar-refractivity contribution >= 4 is 30.1 Å². The van der Waals surface area contributed by atoms with E-state index < -0.39 is 24.3 Å². The fourth-order valence-corrected chi connectivity index (χ4v) is 2.57. The van der Waals surface area contributed by atoms with Crippen molar-refractivity contribution in [2.75, 3.05) is 5.32 Å². The third-order valence-corrected chi connectivity index (χ3v) is 4.25. The molecule has 1 amide bonds. The second-order valence-electron chi connectivity index (χ2n) is 2.99. The number of hydrogen-bond acceptors (Lipinski definition) is 5. The molecule has 0 fully saturated rings. The van der Waals surface area contributed by atoms with Crippen molar-refractivity contribution in [1.82, 2.24) is 0 Å². The molecule has 88 valence electrons. The van der Waals surface area contributed by atoms with Gasteiger partial charge in [0, 0.05) is 0 Å². The topological polar surface area (TPSA) is 116 Å². The van der Waals surface area contributed by atoms with Crippen LogP contribution in [0.4, 0.5) is 5.69 Å². The number of phenolic OH excluding ortho intramolecular Hbond substituents is 1. The third kappa shape index (κ3) is 2.86. The Morgan fingerprint density at radius 1 is 1.50 bits per heavy atom. The van der Waals surface area contributed by atoms with Crippen molar-refractivity contribution in [3.05, 3.63) is 18.2 Å². The Morgan fingerprint density at radius 2 is 2.12 bits per heavy atom. The Labute approximate surface area is 93.6 Å². The van der Waals surface area contributed by atoms with Crippen LogP contribution < -0.4 is 9.67 Å². The SMILES string of the molecule is CC(=O)Nc1ccc([As](=O)(O)OO)c(O)c1. The van der Waals surface area contributed by atoms with Gasteiger partial charge in [0.05, 0.1) is 0 Å². The Morgan fingerprint density at radius 3 is 2.56 bits per heavy atom. The van der Waals surface area contributed by atoms with E-state index >= 15 is 0 Å². The van der Waals surface area contributed by atoms with E-state index in [-0.39, 0.29) is 11.6 Å². The number of nitrogens with one attached hydrogen (secondary N) is 1. The Hall–Kier alpha value is -1.27. The molecule has 0 aliphatic rings. The zero-order chi connectivity index (χ0) is 12.3.